The summed E-state index contributed by atoms with van der Waals surface area (Å²) in [5, 5.41) is 0. The Morgan fingerprint density at radius 2 is 1.80 bits per heavy atom. The van der Waals surface area contributed by atoms with Crippen LogP contribution in [0.3, 0.4) is 0 Å². The first kappa shape index (κ1) is 10.6. The number of rotatable bonds is 5. The zero-order valence-corrected chi connectivity index (χ0v) is 9.09. The van der Waals surface area contributed by atoms with Crippen molar-refractivity contribution < 1.29 is 14.2 Å². The summed E-state index contributed by atoms with van der Waals surface area (Å²) >= 11 is 0. The maximum absolute atomic E-state index is 5.54. The van der Waals surface area contributed by atoms with E-state index in [-0.39, 0.29) is 18.3 Å². The smallest absolute Gasteiger partial charge is 0.130 e. The molecule has 5 atom stereocenters. The molecule has 0 aromatic heterocycles. The minimum absolute atomic E-state index is 0.0937. The molecule has 0 spiro atoms. The first-order valence-electron chi connectivity index (χ1n) is 5.37. The summed E-state index contributed by atoms with van der Waals surface area (Å²) in [6, 6.07) is 0. The van der Waals surface area contributed by atoms with Gasteiger partial charge in [0, 0.05) is 13.0 Å². The number of methoxy groups -OCH3 is 1. The van der Waals surface area contributed by atoms with E-state index in [1.54, 1.807) is 7.11 Å². The minimum Gasteiger partial charge on any atom is -0.498 e. The average molecular weight is 210 g/mol. The summed E-state index contributed by atoms with van der Waals surface area (Å²) in [5.74, 6) is 0.964. The monoisotopic (exact) mass is 210 g/mol. The molecule has 2 saturated carbocycles. The maximum Gasteiger partial charge on any atom is 0.130 e. The lowest BCUT2D eigenvalue weighted by atomic mass is 9.92. The van der Waals surface area contributed by atoms with Crippen LogP contribution < -0.4 is 0 Å². The van der Waals surface area contributed by atoms with E-state index in [1.807, 2.05) is 0 Å². The van der Waals surface area contributed by atoms with Crippen LogP contribution in [0.25, 0.3) is 0 Å². The zero-order valence-electron chi connectivity index (χ0n) is 9.09. The molecule has 0 heterocycles. The van der Waals surface area contributed by atoms with Crippen molar-refractivity contribution in [2.75, 3.05) is 7.11 Å². The van der Waals surface area contributed by atoms with Crippen LogP contribution in [0.2, 0.25) is 0 Å². The number of ether oxygens (including phenoxy) is 3. The van der Waals surface area contributed by atoms with Gasteiger partial charge in [0.1, 0.15) is 12.2 Å². The normalized spacial score (nSPS) is 42.6. The molecule has 2 bridgehead atoms. The van der Waals surface area contributed by atoms with E-state index in [0.717, 1.165) is 12.8 Å². The van der Waals surface area contributed by atoms with Gasteiger partial charge in [0.25, 0.3) is 0 Å². The van der Waals surface area contributed by atoms with Gasteiger partial charge in [-0.05, 0) is 18.8 Å². The number of hydrogen-bond donors (Lipinski definition) is 0. The molecule has 0 aromatic rings. The Bertz CT molecular complexity index is 251. The Hall–Kier alpha value is -0.960. The van der Waals surface area contributed by atoms with Gasteiger partial charge >= 0.3 is 0 Å². The van der Waals surface area contributed by atoms with Crippen LogP contribution in [-0.4, -0.2) is 25.4 Å². The Morgan fingerprint density at radius 3 is 2.40 bits per heavy atom. The lowest BCUT2D eigenvalue weighted by molar-refractivity contribution is -0.0841. The SMILES string of the molecule is C=COC1CC2CC1C(OC=C)C2OC. The number of fused-ring (bicyclic) bond motifs is 2. The fourth-order valence-electron chi connectivity index (χ4n) is 3.09. The van der Waals surface area contributed by atoms with Gasteiger partial charge in [-0.25, -0.2) is 0 Å². The molecule has 2 fully saturated rings. The fourth-order valence-corrected chi connectivity index (χ4v) is 3.09. The van der Waals surface area contributed by atoms with Gasteiger partial charge in [0.05, 0.1) is 18.6 Å². The van der Waals surface area contributed by atoms with Gasteiger partial charge in [0.15, 0.2) is 0 Å². The largest absolute Gasteiger partial charge is 0.498 e. The predicted molar refractivity (Wildman–Crippen MR) is 57.2 cm³/mol. The first-order valence-corrected chi connectivity index (χ1v) is 5.37. The summed E-state index contributed by atoms with van der Waals surface area (Å²) in [5.41, 5.74) is 0. The Kier molecular flexibility index (Phi) is 3.00. The highest BCUT2D eigenvalue weighted by molar-refractivity contribution is 5.04. The molecule has 0 saturated heterocycles. The molecular weight excluding hydrogens is 192 g/mol. The van der Waals surface area contributed by atoms with E-state index in [0.29, 0.717) is 11.8 Å². The molecule has 15 heavy (non-hydrogen) atoms. The molecule has 0 aromatic carbocycles. The van der Waals surface area contributed by atoms with Crippen LogP contribution in [0.5, 0.6) is 0 Å². The zero-order chi connectivity index (χ0) is 10.8. The third-order valence-corrected chi connectivity index (χ3v) is 3.59. The molecule has 2 aliphatic rings. The molecule has 2 rings (SSSR count). The summed E-state index contributed by atoms with van der Waals surface area (Å²) < 4.78 is 16.5. The topological polar surface area (TPSA) is 27.7 Å². The van der Waals surface area contributed by atoms with Crippen molar-refractivity contribution in [3.8, 4) is 0 Å². The second kappa shape index (κ2) is 4.27. The molecule has 0 aliphatic heterocycles. The standard InChI is InChI=1S/C12H18O3/c1-4-14-10-7-8-6-9(10)12(15-5-2)11(8)13-3/h4-5,8-12H,1-2,6-7H2,3H3. The van der Waals surface area contributed by atoms with E-state index in [1.165, 1.54) is 12.5 Å². The predicted octanol–water partition coefficient (Wildman–Crippen LogP) is 2.10. The third-order valence-electron chi connectivity index (χ3n) is 3.59. The van der Waals surface area contributed by atoms with Crippen LogP contribution >= 0.6 is 0 Å². The Morgan fingerprint density at radius 1 is 1.07 bits per heavy atom. The Labute approximate surface area is 90.7 Å². The van der Waals surface area contributed by atoms with Crippen LogP contribution in [0.4, 0.5) is 0 Å². The van der Waals surface area contributed by atoms with Crippen molar-refractivity contribution in [1.82, 2.24) is 0 Å². The lowest BCUT2D eigenvalue weighted by Crippen LogP contribution is -2.41. The second-order valence-corrected chi connectivity index (χ2v) is 4.20. The number of hydrogen-bond acceptors (Lipinski definition) is 3. The summed E-state index contributed by atoms with van der Waals surface area (Å²) in [6.07, 6.45) is 5.72. The quantitative estimate of drug-likeness (QED) is 0.650. The lowest BCUT2D eigenvalue weighted by Gasteiger charge is -2.33. The molecule has 0 radical (unpaired) electrons. The third kappa shape index (κ3) is 1.65. The van der Waals surface area contributed by atoms with Crippen molar-refractivity contribution in [3.63, 3.8) is 0 Å². The molecular formula is C12H18O3. The van der Waals surface area contributed by atoms with Crippen LogP contribution in [0.15, 0.2) is 25.7 Å². The first-order chi connectivity index (χ1) is 7.31. The maximum atomic E-state index is 5.54. The summed E-state index contributed by atoms with van der Waals surface area (Å²) in [7, 11) is 1.74. The molecule has 3 nitrogen and oxygen atoms in total. The molecule has 84 valence electrons. The van der Waals surface area contributed by atoms with Crippen LogP contribution in [0.1, 0.15) is 12.8 Å². The highest BCUT2D eigenvalue weighted by Crippen LogP contribution is 2.48. The van der Waals surface area contributed by atoms with Crippen molar-refractivity contribution in [2.24, 2.45) is 11.8 Å². The van der Waals surface area contributed by atoms with Gasteiger partial charge in [0.2, 0.25) is 0 Å². The van der Waals surface area contributed by atoms with Gasteiger partial charge in [-0.1, -0.05) is 13.2 Å². The molecule has 0 amide bonds. The van der Waals surface area contributed by atoms with Crippen molar-refractivity contribution in [3.05, 3.63) is 25.7 Å². The van der Waals surface area contributed by atoms with Crippen molar-refractivity contribution >= 4 is 0 Å². The van der Waals surface area contributed by atoms with Crippen LogP contribution in [0, 0.1) is 11.8 Å². The Balaban J connectivity index is 2.07. The van der Waals surface area contributed by atoms with Gasteiger partial charge in [-0.15, -0.1) is 0 Å². The highest BCUT2D eigenvalue weighted by Gasteiger charge is 2.55. The molecule has 3 heteroatoms. The van der Waals surface area contributed by atoms with E-state index >= 15 is 0 Å². The van der Waals surface area contributed by atoms with Gasteiger partial charge < -0.3 is 14.2 Å². The second-order valence-electron chi connectivity index (χ2n) is 4.20. The van der Waals surface area contributed by atoms with Gasteiger partial charge in [-0.3, -0.25) is 0 Å². The van der Waals surface area contributed by atoms with Crippen molar-refractivity contribution in [2.45, 2.75) is 31.2 Å². The molecule has 2 aliphatic carbocycles. The van der Waals surface area contributed by atoms with E-state index in [2.05, 4.69) is 13.2 Å². The summed E-state index contributed by atoms with van der Waals surface area (Å²) in [6.45, 7) is 7.21. The van der Waals surface area contributed by atoms with Gasteiger partial charge in [-0.2, -0.15) is 0 Å². The van der Waals surface area contributed by atoms with E-state index in [9.17, 15) is 0 Å². The fraction of sp³-hybridized carbons (Fsp3) is 0.667. The van der Waals surface area contributed by atoms with E-state index < -0.39 is 0 Å². The average Bonchev–Trinajstić information content (AvgIpc) is 2.76. The molecule has 5 unspecified atom stereocenters. The van der Waals surface area contributed by atoms with Crippen LogP contribution in [-0.2, 0) is 14.2 Å². The van der Waals surface area contributed by atoms with Crippen molar-refractivity contribution in [1.29, 1.82) is 0 Å². The minimum atomic E-state index is 0.0937. The summed E-state index contributed by atoms with van der Waals surface area (Å²) in [4.78, 5) is 0. The van der Waals surface area contributed by atoms with E-state index in [4.69, 9.17) is 14.2 Å². The molecule has 0 N–H and O–H groups in total. The highest BCUT2D eigenvalue weighted by atomic mass is 16.5.